The molecule has 196 valence electrons. The van der Waals surface area contributed by atoms with Crippen LogP contribution in [0.2, 0.25) is 0 Å². The quantitative estimate of drug-likeness (QED) is 0.311. The number of para-hydroxylation sites is 1. The molecular weight excluding hydrogens is 482 g/mol. The van der Waals surface area contributed by atoms with Gasteiger partial charge in [0.25, 0.3) is 0 Å². The zero-order valence-electron chi connectivity index (χ0n) is 21.4. The molecule has 0 aliphatic heterocycles. The maximum absolute atomic E-state index is 13.3. The molecule has 0 saturated heterocycles. The molecule has 8 heteroatoms. The highest BCUT2D eigenvalue weighted by Gasteiger charge is 2.32. The molecule has 3 N–H and O–H groups in total. The molecule has 3 aromatic rings. The van der Waals surface area contributed by atoms with E-state index in [1.165, 1.54) is 13.2 Å². The number of ether oxygens (including phenoxy) is 1. The molecule has 4 rings (SSSR count). The number of hydrogen-bond donors (Lipinski definition) is 3. The summed E-state index contributed by atoms with van der Waals surface area (Å²) in [6.07, 6.45) is 4.80. The van der Waals surface area contributed by atoms with Crippen LogP contribution in [0.5, 0.6) is 5.75 Å². The first-order valence-corrected chi connectivity index (χ1v) is 12.4. The zero-order valence-corrected chi connectivity index (χ0v) is 21.4. The van der Waals surface area contributed by atoms with Crippen molar-refractivity contribution in [2.75, 3.05) is 17.7 Å². The van der Waals surface area contributed by atoms with Crippen LogP contribution in [0.1, 0.15) is 35.1 Å². The number of benzene rings is 3. The second-order valence-electron chi connectivity index (χ2n) is 9.27. The number of anilines is 2. The van der Waals surface area contributed by atoms with E-state index < -0.39 is 5.97 Å². The lowest BCUT2D eigenvalue weighted by molar-refractivity contribution is -0.132. The van der Waals surface area contributed by atoms with Gasteiger partial charge < -0.3 is 25.4 Å². The van der Waals surface area contributed by atoms with Crippen LogP contribution in [0.25, 0.3) is 6.08 Å². The molecule has 0 aromatic heterocycles. The molecule has 1 aliphatic rings. The maximum Gasteiger partial charge on any atom is 0.328 e. The van der Waals surface area contributed by atoms with Gasteiger partial charge in [-0.25, -0.2) is 9.59 Å². The number of methoxy groups -OCH3 is 1. The van der Waals surface area contributed by atoms with Crippen LogP contribution in [0.15, 0.2) is 72.8 Å². The number of nitrogens with zero attached hydrogens (tertiary/aromatic N) is 1. The fraction of sp³-hybridized carbons (Fsp3) is 0.233. The van der Waals surface area contributed by atoms with Crippen molar-refractivity contribution in [3.8, 4) is 5.75 Å². The summed E-state index contributed by atoms with van der Waals surface area (Å²) in [7, 11) is 1.52. The number of carbonyl (C=O) groups is 3. The first-order valence-electron chi connectivity index (χ1n) is 12.4. The Bertz CT molecular complexity index is 1350. The molecule has 38 heavy (non-hydrogen) atoms. The van der Waals surface area contributed by atoms with E-state index in [1.807, 2.05) is 66.4 Å². The van der Waals surface area contributed by atoms with Crippen LogP contribution in [0.3, 0.4) is 0 Å². The predicted molar refractivity (Wildman–Crippen MR) is 147 cm³/mol. The molecule has 1 fully saturated rings. The Hall–Kier alpha value is -4.59. The molecule has 0 spiro atoms. The van der Waals surface area contributed by atoms with Gasteiger partial charge in [0.15, 0.2) is 0 Å². The van der Waals surface area contributed by atoms with Crippen LogP contribution in [-0.4, -0.2) is 41.1 Å². The van der Waals surface area contributed by atoms with Crippen LogP contribution in [0, 0.1) is 6.92 Å². The topological polar surface area (TPSA) is 108 Å². The van der Waals surface area contributed by atoms with Gasteiger partial charge in [-0.3, -0.25) is 4.79 Å². The van der Waals surface area contributed by atoms with E-state index in [4.69, 9.17) is 9.84 Å². The summed E-state index contributed by atoms with van der Waals surface area (Å²) in [5, 5.41) is 14.4. The fourth-order valence-corrected chi connectivity index (χ4v) is 4.12. The van der Waals surface area contributed by atoms with Gasteiger partial charge in [-0.05, 0) is 66.3 Å². The Morgan fingerprint density at radius 2 is 1.66 bits per heavy atom. The summed E-state index contributed by atoms with van der Waals surface area (Å²) in [4.78, 5) is 38.4. The van der Waals surface area contributed by atoms with Crippen molar-refractivity contribution in [1.82, 2.24) is 4.90 Å². The third-order valence-electron chi connectivity index (χ3n) is 6.32. The van der Waals surface area contributed by atoms with Crippen LogP contribution in [-0.2, 0) is 22.6 Å². The van der Waals surface area contributed by atoms with Crippen molar-refractivity contribution in [2.24, 2.45) is 0 Å². The van der Waals surface area contributed by atoms with E-state index in [-0.39, 0.29) is 24.4 Å². The van der Waals surface area contributed by atoms with E-state index in [9.17, 15) is 14.4 Å². The standard InChI is InChI=1S/C30H31N3O5/c1-20-5-3-4-6-25(20)31-30(37)32-26-15-11-23(17-27(26)38-2)18-28(34)33(24-13-14-24)19-22-9-7-21(8-10-22)12-16-29(35)36/h3-12,15-17,24H,13-14,18-19H2,1-2H3,(H,35,36)(H2,31,32,37)/b16-12+. The van der Waals surface area contributed by atoms with Crippen molar-refractivity contribution >= 4 is 35.4 Å². The Kier molecular flexibility index (Phi) is 8.43. The van der Waals surface area contributed by atoms with Crippen molar-refractivity contribution in [3.05, 3.63) is 95.1 Å². The highest BCUT2D eigenvalue weighted by Crippen LogP contribution is 2.31. The number of nitrogens with one attached hydrogen (secondary N) is 2. The maximum atomic E-state index is 13.3. The van der Waals surface area contributed by atoms with E-state index in [1.54, 1.807) is 12.1 Å². The van der Waals surface area contributed by atoms with Gasteiger partial charge in [-0.2, -0.15) is 0 Å². The summed E-state index contributed by atoms with van der Waals surface area (Å²) >= 11 is 0. The van der Waals surface area contributed by atoms with Crippen molar-refractivity contribution in [1.29, 1.82) is 0 Å². The number of carboxylic acids is 1. The second kappa shape index (κ2) is 12.1. The van der Waals surface area contributed by atoms with Crippen molar-refractivity contribution in [3.63, 3.8) is 0 Å². The van der Waals surface area contributed by atoms with E-state index >= 15 is 0 Å². The largest absolute Gasteiger partial charge is 0.495 e. The average Bonchev–Trinajstić information content (AvgIpc) is 3.74. The molecule has 1 aliphatic carbocycles. The minimum Gasteiger partial charge on any atom is -0.495 e. The number of carboxylic acid groups (broad SMARTS) is 1. The van der Waals surface area contributed by atoms with Gasteiger partial charge in [-0.1, -0.05) is 48.5 Å². The SMILES string of the molecule is COc1cc(CC(=O)N(Cc2ccc(/C=C/C(=O)O)cc2)C2CC2)ccc1NC(=O)Nc1ccccc1C. The smallest absolute Gasteiger partial charge is 0.328 e. The van der Waals surface area contributed by atoms with Crippen LogP contribution >= 0.6 is 0 Å². The predicted octanol–water partition coefficient (Wildman–Crippen LogP) is 5.48. The summed E-state index contributed by atoms with van der Waals surface area (Å²) in [5.74, 6) is -0.508. The number of hydrogen-bond acceptors (Lipinski definition) is 4. The molecule has 3 aromatic carbocycles. The second-order valence-corrected chi connectivity index (χ2v) is 9.27. The molecule has 3 amide bonds. The molecule has 0 heterocycles. The fourth-order valence-electron chi connectivity index (χ4n) is 4.12. The summed E-state index contributed by atoms with van der Waals surface area (Å²) in [6.45, 7) is 2.41. The Morgan fingerprint density at radius 3 is 2.32 bits per heavy atom. The molecule has 0 unspecified atom stereocenters. The average molecular weight is 514 g/mol. The van der Waals surface area contributed by atoms with Gasteiger partial charge in [0.05, 0.1) is 19.2 Å². The number of aliphatic carboxylic acids is 1. The van der Waals surface area contributed by atoms with E-state index in [2.05, 4.69) is 10.6 Å². The lowest BCUT2D eigenvalue weighted by Gasteiger charge is -2.23. The van der Waals surface area contributed by atoms with Gasteiger partial charge in [-0.15, -0.1) is 0 Å². The zero-order chi connectivity index (χ0) is 27.1. The molecule has 8 nitrogen and oxygen atoms in total. The number of carbonyl (C=O) groups excluding carboxylic acids is 2. The number of rotatable bonds is 10. The molecule has 1 saturated carbocycles. The van der Waals surface area contributed by atoms with Crippen LogP contribution < -0.4 is 15.4 Å². The first-order chi connectivity index (χ1) is 18.3. The summed E-state index contributed by atoms with van der Waals surface area (Å²) in [5.41, 5.74) is 4.73. The highest BCUT2D eigenvalue weighted by molar-refractivity contribution is 6.01. The Morgan fingerprint density at radius 1 is 0.974 bits per heavy atom. The summed E-state index contributed by atoms with van der Waals surface area (Å²) in [6, 6.07) is 20.2. The van der Waals surface area contributed by atoms with Gasteiger partial charge in [0.2, 0.25) is 5.91 Å². The minimum absolute atomic E-state index is 0.0161. The number of aryl methyl sites for hydroxylation is 1. The molecule has 0 bridgehead atoms. The minimum atomic E-state index is -0.995. The monoisotopic (exact) mass is 513 g/mol. The third kappa shape index (κ3) is 7.22. The number of urea groups is 1. The van der Waals surface area contributed by atoms with Gasteiger partial charge in [0.1, 0.15) is 5.75 Å². The van der Waals surface area contributed by atoms with Crippen molar-refractivity contribution in [2.45, 2.75) is 38.8 Å². The molecular formula is C30H31N3O5. The third-order valence-corrected chi connectivity index (χ3v) is 6.32. The molecule has 0 radical (unpaired) electrons. The first kappa shape index (κ1) is 26.5. The van der Waals surface area contributed by atoms with Crippen LogP contribution in [0.4, 0.5) is 16.2 Å². The normalized spacial score (nSPS) is 12.7. The number of amides is 3. The Labute approximate surface area is 221 Å². The van der Waals surface area contributed by atoms with Gasteiger partial charge in [0, 0.05) is 24.4 Å². The lowest BCUT2D eigenvalue weighted by atomic mass is 10.1. The van der Waals surface area contributed by atoms with E-state index in [0.717, 1.165) is 46.9 Å². The molecule has 0 atom stereocenters. The van der Waals surface area contributed by atoms with E-state index in [0.29, 0.717) is 18.0 Å². The highest BCUT2D eigenvalue weighted by atomic mass is 16.5. The lowest BCUT2D eigenvalue weighted by Crippen LogP contribution is -2.33. The summed E-state index contributed by atoms with van der Waals surface area (Å²) < 4.78 is 5.49. The van der Waals surface area contributed by atoms with Crippen molar-refractivity contribution < 1.29 is 24.2 Å². The van der Waals surface area contributed by atoms with Gasteiger partial charge >= 0.3 is 12.0 Å². The Balaban J connectivity index is 1.40.